The summed E-state index contributed by atoms with van der Waals surface area (Å²) in [5.41, 5.74) is 11.0. The van der Waals surface area contributed by atoms with Crippen LogP contribution in [0.25, 0.3) is 10.8 Å². The molecule has 1 aromatic carbocycles. The van der Waals surface area contributed by atoms with Gasteiger partial charge in [0, 0.05) is 28.5 Å². The first kappa shape index (κ1) is 12.3. The Bertz CT molecular complexity index is 639. The van der Waals surface area contributed by atoms with Crippen molar-refractivity contribution < 1.29 is 8.76 Å². The van der Waals surface area contributed by atoms with E-state index in [0.29, 0.717) is 16.9 Å². The lowest BCUT2D eigenvalue weighted by molar-refractivity contribution is 0.542. The van der Waals surface area contributed by atoms with Gasteiger partial charge in [-0.05, 0) is 23.6 Å². The van der Waals surface area contributed by atoms with E-state index in [-0.39, 0.29) is 5.96 Å². The Morgan fingerprint density at radius 2 is 2.17 bits per heavy atom. The molecule has 0 saturated carbocycles. The summed E-state index contributed by atoms with van der Waals surface area (Å²) in [6.45, 7) is 0. The Labute approximate surface area is 105 Å². The average molecular weight is 264 g/mol. The van der Waals surface area contributed by atoms with Crippen LogP contribution in [-0.2, 0) is 11.3 Å². The van der Waals surface area contributed by atoms with Gasteiger partial charge in [-0.3, -0.25) is 4.21 Å². The van der Waals surface area contributed by atoms with Crippen molar-refractivity contribution >= 4 is 39.5 Å². The zero-order chi connectivity index (χ0) is 13.1. The van der Waals surface area contributed by atoms with Crippen molar-refractivity contribution in [3.8, 4) is 0 Å². The van der Waals surface area contributed by atoms with Gasteiger partial charge in [0.2, 0.25) is 0 Å². The molecule has 1 unspecified atom stereocenters. The van der Waals surface area contributed by atoms with E-state index in [1.165, 1.54) is 0 Å². The van der Waals surface area contributed by atoms with Gasteiger partial charge in [0.05, 0.1) is 0 Å². The number of nitrogens with two attached hydrogens (primary N) is 2. The normalized spacial score (nSPS) is 12.1. The molecule has 0 bridgehead atoms. The summed E-state index contributed by atoms with van der Waals surface area (Å²) in [5, 5.41) is 1.51. The average Bonchev–Trinajstić information content (AvgIpc) is 2.28. The first-order valence-corrected chi connectivity index (χ1v) is 5.98. The van der Waals surface area contributed by atoms with E-state index >= 15 is 0 Å². The molecule has 0 aliphatic heterocycles. The second-order valence-electron chi connectivity index (χ2n) is 3.44. The second kappa shape index (κ2) is 4.98. The van der Waals surface area contributed by atoms with Crippen LogP contribution in [0, 0.1) is 0 Å². The number of benzene rings is 1. The summed E-state index contributed by atoms with van der Waals surface area (Å²) >= 11 is -2.38. The van der Waals surface area contributed by atoms with Crippen molar-refractivity contribution in [2.45, 2.75) is 0 Å². The number of aliphatic imine (C=N–C) groups is 1. The first-order valence-electron chi connectivity index (χ1n) is 4.90. The van der Waals surface area contributed by atoms with Crippen molar-refractivity contribution in [1.82, 2.24) is 4.98 Å². The number of aromatic nitrogens is 1. The van der Waals surface area contributed by atoms with E-state index in [1.807, 2.05) is 0 Å². The third-order valence-corrected chi connectivity index (χ3v) is 2.58. The molecule has 2 rings (SSSR count). The zero-order valence-electron chi connectivity index (χ0n) is 9.16. The highest BCUT2D eigenvalue weighted by Gasteiger charge is 2.03. The molecule has 7 nitrogen and oxygen atoms in total. The van der Waals surface area contributed by atoms with Crippen molar-refractivity contribution in [2.24, 2.45) is 16.5 Å². The van der Waals surface area contributed by atoms with Crippen LogP contribution >= 0.6 is 0 Å². The second-order valence-corrected chi connectivity index (χ2v) is 4.12. The molecule has 2 aromatic rings. The highest BCUT2D eigenvalue weighted by molar-refractivity contribution is 7.80. The quantitative estimate of drug-likeness (QED) is 0.418. The fourth-order valence-corrected chi connectivity index (χ4v) is 1.84. The minimum atomic E-state index is -2.38. The molecule has 8 heteroatoms. The fourth-order valence-electron chi connectivity index (χ4n) is 1.52. The lowest BCUT2D eigenvalue weighted by atomic mass is 10.1. The monoisotopic (exact) mass is 264 g/mol. The molecule has 0 spiro atoms. The summed E-state index contributed by atoms with van der Waals surface area (Å²) < 4.78 is 23.4. The van der Waals surface area contributed by atoms with E-state index in [9.17, 15) is 8.76 Å². The van der Waals surface area contributed by atoms with Crippen LogP contribution in [-0.4, -0.2) is 19.7 Å². The van der Waals surface area contributed by atoms with Gasteiger partial charge in [0.1, 0.15) is 0 Å². The summed E-state index contributed by atoms with van der Waals surface area (Å²) in [4.78, 5) is 7.93. The highest BCUT2D eigenvalue weighted by Crippen LogP contribution is 2.26. The molecule has 1 heterocycles. The standard InChI is InChI=1S/C10H11N5O2S/c11-10(12)14-9-8-5-7(15-18(16)17)2-1-6(8)3-4-13-9/h1-5,15H,(H,16,17)(H4,11,12,13,14)/p-1. The number of pyridine rings is 1. The third-order valence-electron chi connectivity index (χ3n) is 2.18. The lowest BCUT2D eigenvalue weighted by Gasteiger charge is -2.09. The van der Waals surface area contributed by atoms with E-state index in [2.05, 4.69) is 14.7 Å². The van der Waals surface area contributed by atoms with Gasteiger partial charge in [-0.2, -0.15) is 4.99 Å². The van der Waals surface area contributed by atoms with Crippen LogP contribution in [0.2, 0.25) is 0 Å². The molecular weight excluding hydrogens is 254 g/mol. The van der Waals surface area contributed by atoms with Crippen molar-refractivity contribution in [1.29, 1.82) is 0 Å². The molecule has 18 heavy (non-hydrogen) atoms. The molecule has 1 atom stereocenters. The van der Waals surface area contributed by atoms with Gasteiger partial charge >= 0.3 is 0 Å². The van der Waals surface area contributed by atoms with Crippen LogP contribution in [0.5, 0.6) is 0 Å². The summed E-state index contributed by atoms with van der Waals surface area (Å²) in [6, 6.07) is 6.77. The maximum Gasteiger partial charge on any atom is 0.192 e. The molecule has 0 aliphatic rings. The molecule has 94 valence electrons. The van der Waals surface area contributed by atoms with Crippen LogP contribution < -0.4 is 16.2 Å². The molecule has 0 fully saturated rings. The van der Waals surface area contributed by atoms with Crippen LogP contribution in [0.4, 0.5) is 11.5 Å². The number of hydrogen-bond donors (Lipinski definition) is 3. The Kier molecular flexibility index (Phi) is 3.40. The van der Waals surface area contributed by atoms with Crippen LogP contribution in [0.1, 0.15) is 0 Å². The zero-order valence-corrected chi connectivity index (χ0v) is 9.98. The van der Waals surface area contributed by atoms with Gasteiger partial charge in [-0.25, -0.2) is 4.98 Å². The van der Waals surface area contributed by atoms with Gasteiger partial charge in [-0.1, -0.05) is 6.07 Å². The Hall–Kier alpha value is -2.19. The third kappa shape index (κ3) is 2.73. The van der Waals surface area contributed by atoms with E-state index in [0.717, 1.165) is 5.39 Å². The molecule has 0 saturated heterocycles. The topological polar surface area (TPSA) is 129 Å². The molecule has 5 N–H and O–H groups in total. The number of hydrogen-bond acceptors (Lipinski definition) is 4. The molecular formula is C10H10N5O2S-. The Morgan fingerprint density at radius 3 is 2.83 bits per heavy atom. The van der Waals surface area contributed by atoms with Crippen molar-refractivity contribution in [3.05, 3.63) is 30.5 Å². The van der Waals surface area contributed by atoms with Crippen LogP contribution in [0.15, 0.2) is 35.5 Å². The number of rotatable bonds is 3. The highest BCUT2D eigenvalue weighted by atomic mass is 32.2. The minimum Gasteiger partial charge on any atom is -0.755 e. The summed E-state index contributed by atoms with van der Waals surface area (Å²) in [6.07, 6.45) is 1.57. The SMILES string of the molecule is NC(N)=Nc1nccc2ccc(NS(=O)[O-])cc12. The number of nitrogens with zero attached hydrogens (tertiary/aromatic N) is 2. The Morgan fingerprint density at radius 1 is 1.39 bits per heavy atom. The van der Waals surface area contributed by atoms with Crippen molar-refractivity contribution in [2.75, 3.05) is 4.72 Å². The number of guanidine groups is 1. The maximum absolute atomic E-state index is 10.6. The van der Waals surface area contributed by atoms with Gasteiger partial charge in [0.15, 0.2) is 11.8 Å². The van der Waals surface area contributed by atoms with E-state index < -0.39 is 11.3 Å². The predicted octanol–water partition coefficient (Wildman–Crippen LogP) is 0.346. The molecule has 1 aromatic heterocycles. The van der Waals surface area contributed by atoms with Gasteiger partial charge in [-0.15, -0.1) is 0 Å². The summed E-state index contributed by atoms with van der Waals surface area (Å²) in [5.74, 6) is 0.230. The smallest absolute Gasteiger partial charge is 0.192 e. The van der Waals surface area contributed by atoms with Gasteiger partial charge < -0.3 is 20.7 Å². The van der Waals surface area contributed by atoms with Crippen LogP contribution in [0.3, 0.4) is 0 Å². The fraction of sp³-hybridized carbons (Fsp3) is 0. The molecule has 0 amide bonds. The number of nitrogens with one attached hydrogen (secondary N) is 1. The Balaban J connectivity index is 2.58. The summed E-state index contributed by atoms with van der Waals surface area (Å²) in [7, 11) is 0. The lowest BCUT2D eigenvalue weighted by Crippen LogP contribution is -2.22. The van der Waals surface area contributed by atoms with E-state index in [4.69, 9.17) is 11.5 Å². The first-order chi connectivity index (χ1) is 8.56. The minimum absolute atomic E-state index is 0.110. The molecule has 0 radical (unpaired) electrons. The number of fused-ring (bicyclic) bond motifs is 1. The number of anilines is 1. The molecule has 0 aliphatic carbocycles. The largest absolute Gasteiger partial charge is 0.755 e. The van der Waals surface area contributed by atoms with Crippen molar-refractivity contribution in [3.63, 3.8) is 0 Å². The van der Waals surface area contributed by atoms with E-state index in [1.54, 1.807) is 30.5 Å². The predicted molar refractivity (Wildman–Crippen MR) is 69.8 cm³/mol. The van der Waals surface area contributed by atoms with Gasteiger partial charge in [0.25, 0.3) is 0 Å². The maximum atomic E-state index is 10.6.